The van der Waals surface area contributed by atoms with Crippen LogP contribution in [0.4, 0.5) is 5.95 Å². The van der Waals surface area contributed by atoms with Gasteiger partial charge in [0.2, 0.25) is 5.95 Å². The van der Waals surface area contributed by atoms with Gasteiger partial charge in [0.25, 0.3) is 0 Å². The zero-order valence-corrected chi connectivity index (χ0v) is 24.7. The van der Waals surface area contributed by atoms with Gasteiger partial charge in [-0.3, -0.25) is 9.80 Å². The minimum absolute atomic E-state index is 0.115. The maximum Gasteiger partial charge on any atom is 0.224 e. The van der Waals surface area contributed by atoms with Gasteiger partial charge in [0, 0.05) is 75.3 Å². The van der Waals surface area contributed by atoms with E-state index in [1.54, 1.807) is 7.11 Å². The Bertz CT molecular complexity index is 1200. The SMILES string of the molecule is COC[C@@H](C)Nc1ncc2c(-c3ccc(CN4CCN(C(C)SC)CC4)cc3)cn(C3CCC(O)CC3)c2n1. The van der Waals surface area contributed by atoms with Gasteiger partial charge >= 0.3 is 0 Å². The summed E-state index contributed by atoms with van der Waals surface area (Å²) in [5.41, 5.74) is 4.66. The summed E-state index contributed by atoms with van der Waals surface area (Å²) in [4.78, 5) is 14.8. The zero-order valence-electron chi connectivity index (χ0n) is 23.8. The first-order valence-electron chi connectivity index (χ1n) is 14.3. The number of methoxy groups -OCH3 is 1. The molecule has 212 valence electrons. The number of nitrogens with one attached hydrogen (secondary N) is 1. The van der Waals surface area contributed by atoms with Crippen molar-refractivity contribution in [2.24, 2.45) is 0 Å². The van der Waals surface area contributed by atoms with Crippen molar-refractivity contribution in [3.63, 3.8) is 0 Å². The van der Waals surface area contributed by atoms with E-state index in [9.17, 15) is 5.11 Å². The Balaban J connectivity index is 1.36. The highest BCUT2D eigenvalue weighted by molar-refractivity contribution is 7.99. The molecule has 0 amide bonds. The highest BCUT2D eigenvalue weighted by Gasteiger charge is 2.25. The molecule has 2 aromatic heterocycles. The number of piperazine rings is 1. The number of thioether (sulfide) groups is 1. The van der Waals surface area contributed by atoms with Crippen LogP contribution in [0, 0.1) is 0 Å². The van der Waals surface area contributed by atoms with E-state index in [4.69, 9.17) is 9.72 Å². The van der Waals surface area contributed by atoms with Crippen LogP contribution in [0.25, 0.3) is 22.2 Å². The average molecular weight is 553 g/mol. The molecule has 9 heteroatoms. The Labute approximate surface area is 237 Å². The third-order valence-electron chi connectivity index (χ3n) is 8.36. The van der Waals surface area contributed by atoms with Gasteiger partial charge < -0.3 is 19.7 Å². The van der Waals surface area contributed by atoms with Crippen molar-refractivity contribution >= 4 is 28.7 Å². The van der Waals surface area contributed by atoms with Gasteiger partial charge in [0.1, 0.15) is 5.65 Å². The van der Waals surface area contributed by atoms with Gasteiger partial charge in [-0.25, -0.2) is 4.98 Å². The summed E-state index contributed by atoms with van der Waals surface area (Å²) in [6.07, 6.45) is 9.80. The van der Waals surface area contributed by atoms with E-state index in [-0.39, 0.29) is 12.1 Å². The maximum absolute atomic E-state index is 10.1. The molecule has 1 aliphatic carbocycles. The Morgan fingerprint density at radius 2 is 1.79 bits per heavy atom. The molecule has 1 saturated heterocycles. The third kappa shape index (κ3) is 6.77. The van der Waals surface area contributed by atoms with Crippen LogP contribution < -0.4 is 5.32 Å². The lowest BCUT2D eigenvalue weighted by molar-refractivity contribution is 0.111. The fraction of sp³-hybridized carbons (Fsp3) is 0.600. The molecule has 1 aliphatic heterocycles. The molecule has 2 atom stereocenters. The van der Waals surface area contributed by atoms with Gasteiger partial charge in [0.15, 0.2) is 0 Å². The van der Waals surface area contributed by atoms with Crippen LogP contribution in [0.2, 0.25) is 0 Å². The lowest BCUT2D eigenvalue weighted by atomic mass is 9.93. The molecule has 0 bridgehead atoms. The second-order valence-corrected chi connectivity index (χ2v) is 12.3. The molecule has 1 unspecified atom stereocenters. The lowest BCUT2D eigenvalue weighted by Gasteiger charge is -2.37. The van der Waals surface area contributed by atoms with Crippen molar-refractivity contribution in [3.05, 3.63) is 42.2 Å². The van der Waals surface area contributed by atoms with Gasteiger partial charge in [-0.2, -0.15) is 4.98 Å². The predicted molar refractivity (Wildman–Crippen MR) is 161 cm³/mol. The summed E-state index contributed by atoms with van der Waals surface area (Å²) in [5.74, 6) is 0.621. The molecule has 0 radical (unpaired) electrons. The number of hydrogen-bond donors (Lipinski definition) is 2. The summed E-state index contributed by atoms with van der Waals surface area (Å²) in [6, 6.07) is 9.49. The number of nitrogens with zero attached hydrogens (tertiary/aromatic N) is 5. The lowest BCUT2D eigenvalue weighted by Crippen LogP contribution is -2.48. The largest absolute Gasteiger partial charge is 0.393 e. The Morgan fingerprint density at radius 3 is 2.46 bits per heavy atom. The minimum atomic E-state index is -0.186. The number of benzene rings is 1. The number of aliphatic hydroxyl groups excluding tert-OH is 1. The van der Waals surface area contributed by atoms with Crippen molar-refractivity contribution < 1.29 is 9.84 Å². The van der Waals surface area contributed by atoms with Crippen LogP contribution in [0.1, 0.15) is 51.1 Å². The Kier molecular flexibility index (Phi) is 9.45. The van der Waals surface area contributed by atoms with Crippen molar-refractivity contribution in [1.29, 1.82) is 0 Å². The molecule has 5 rings (SSSR count). The van der Waals surface area contributed by atoms with Crippen LogP contribution in [-0.4, -0.2) is 93.1 Å². The molecule has 1 aromatic carbocycles. The molecular weight excluding hydrogens is 508 g/mol. The molecule has 39 heavy (non-hydrogen) atoms. The number of aliphatic hydroxyl groups is 1. The number of fused-ring (bicyclic) bond motifs is 1. The monoisotopic (exact) mass is 552 g/mol. The summed E-state index contributed by atoms with van der Waals surface area (Å²) < 4.78 is 7.60. The first-order valence-corrected chi connectivity index (χ1v) is 15.6. The van der Waals surface area contributed by atoms with Crippen molar-refractivity contribution in [2.45, 2.75) is 69.6 Å². The standard InChI is InChI=1S/C30H44N6O2S/c1-21(20-38-3)32-30-31-17-27-28(19-36(29(27)33-30)25-9-11-26(37)12-10-25)24-7-5-23(6-8-24)18-34-13-15-35(16-14-34)22(2)39-4/h5-8,17,19,21-22,25-26,37H,9-16,18,20H2,1-4H3,(H,31,32,33)/t21-,22?,25?,26?/m1/s1. The molecule has 0 spiro atoms. The van der Waals surface area contributed by atoms with Crippen molar-refractivity contribution in [1.82, 2.24) is 24.3 Å². The second-order valence-electron chi connectivity index (χ2n) is 11.2. The van der Waals surface area contributed by atoms with E-state index in [0.717, 1.165) is 69.4 Å². The van der Waals surface area contributed by atoms with E-state index in [0.29, 0.717) is 24.0 Å². The van der Waals surface area contributed by atoms with Gasteiger partial charge in [0.05, 0.1) is 18.1 Å². The van der Waals surface area contributed by atoms with Gasteiger partial charge in [-0.1, -0.05) is 24.3 Å². The number of rotatable bonds is 10. The molecule has 2 aliphatic rings. The minimum Gasteiger partial charge on any atom is -0.393 e. The van der Waals surface area contributed by atoms with Crippen LogP contribution >= 0.6 is 11.8 Å². The van der Waals surface area contributed by atoms with E-state index in [1.165, 1.54) is 16.7 Å². The fourth-order valence-corrected chi connectivity index (χ4v) is 6.45. The zero-order chi connectivity index (χ0) is 27.4. The van der Waals surface area contributed by atoms with E-state index < -0.39 is 0 Å². The topological polar surface area (TPSA) is 78.7 Å². The van der Waals surface area contributed by atoms with Gasteiger partial charge in [-0.05, 0) is 56.9 Å². The molecule has 3 aromatic rings. The summed E-state index contributed by atoms with van der Waals surface area (Å²) in [5, 5.41) is 15.1. The molecule has 1 saturated carbocycles. The van der Waals surface area contributed by atoms with Crippen LogP contribution in [0.15, 0.2) is 36.7 Å². The summed E-state index contributed by atoms with van der Waals surface area (Å²) >= 11 is 1.93. The van der Waals surface area contributed by atoms with E-state index in [2.05, 4.69) is 75.2 Å². The molecular formula is C30H44N6O2S. The number of ether oxygens (including phenoxy) is 1. The normalized spacial score (nSPS) is 22.7. The van der Waals surface area contributed by atoms with Crippen LogP contribution in [-0.2, 0) is 11.3 Å². The van der Waals surface area contributed by atoms with Crippen LogP contribution in [0.5, 0.6) is 0 Å². The first-order chi connectivity index (χ1) is 18.9. The second kappa shape index (κ2) is 13.0. The first kappa shape index (κ1) is 28.4. The molecule has 8 nitrogen and oxygen atoms in total. The van der Waals surface area contributed by atoms with Crippen molar-refractivity contribution in [2.75, 3.05) is 51.5 Å². The van der Waals surface area contributed by atoms with Crippen LogP contribution in [0.3, 0.4) is 0 Å². The summed E-state index contributed by atoms with van der Waals surface area (Å²) in [7, 11) is 1.70. The maximum atomic E-state index is 10.1. The number of hydrogen-bond acceptors (Lipinski definition) is 8. The Hall–Kier alpha value is -2.17. The number of anilines is 1. The highest BCUT2D eigenvalue weighted by Crippen LogP contribution is 2.37. The summed E-state index contributed by atoms with van der Waals surface area (Å²) in [6.45, 7) is 10.5. The highest BCUT2D eigenvalue weighted by atomic mass is 32.2. The third-order valence-corrected chi connectivity index (χ3v) is 9.34. The quantitative estimate of drug-likeness (QED) is 0.370. The van der Waals surface area contributed by atoms with E-state index in [1.807, 2.05) is 18.0 Å². The predicted octanol–water partition coefficient (Wildman–Crippen LogP) is 4.85. The smallest absolute Gasteiger partial charge is 0.224 e. The fourth-order valence-electron chi connectivity index (χ4n) is 5.94. The Morgan fingerprint density at radius 1 is 1.08 bits per heavy atom. The molecule has 3 heterocycles. The van der Waals surface area contributed by atoms with Gasteiger partial charge in [-0.15, -0.1) is 11.8 Å². The number of aromatic nitrogens is 3. The van der Waals surface area contributed by atoms with Crippen molar-refractivity contribution in [3.8, 4) is 11.1 Å². The molecule has 2 N–H and O–H groups in total. The average Bonchev–Trinajstić information content (AvgIpc) is 3.33. The van der Waals surface area contributed by atoms with E-state index >= 15 is 0 Å². The molecule has 2 fully saturated rings.